The maximum atomic E-state index is 15.0. The van der Waals surface area contributed by atoms with Crippen molar-refractivity contribution in [3.63, 3.8) is 0 Å². The molecule has 7 nitrogen and oxygen atoms in total. The molecule has 0 spiro atoms. The van der Waals surface area contributed by atoms with Crippen LogP contribution in [0.1, 0.15) is 29.4 Å². The van der Waals surface area contributed by atoms with Crippen LogP contribution in [0.3, 0.4) is 0 Å². The second-order valence-electron chi connectivity index (χ2n) is 7.52. The lowest BCUT2D eigenvalue weighted by Gasteiger charge is -2.47. The van der Waals surface area contributed by atoms with Crippen molar-refractivity contribution in [1.29, 1.82) is 0 Å². The van der Waals surface area contributed by atoms with Crippen molar-refractivity contribution in [2.45, 2.75) is 31.6 Å². The van der Waals surface area contributed by atoms with E-state index in [0.29, 0.717) is 35.2 Å². The number of anilines is 1. The van der Waals surface area contributed by atoms with Gasteiger partial charge in [0.25, 0.3) is 5.91 Å². The maximum absolute atomic E-state index is 15.0. The van der Waals surface area contributed by atoms with Gasteiger partial charge in [0.1, 0.15) is 17.3 Å². The summed E-state index contributed by atoms with van der Waals surface area (Å²) in [7, 11) is 0. The van der Waals surface area contributed by atoms with Crippen molar-refractivity contribution in [2.75, 3.05) is 17.7 Å². The van der Waals surface area contributed by atoms with Crippen LogP contribution in [0, 0.1) is 11.7 Å². The topological polar surface area (TPSA) is 98.8 Å². The first kappa shape index (κ1) is 22.4. The monoisotopic (exact) mass is 466 g/mol. The second-order valence-corrected chi connectivity index (χ2v) is 8.56. The summed E-state index contributed by atoms with van der Waals surface area (Å²) in [6.45, 7) is -0.640. The zero-order chi connectivity index (χ0) is 22.9. The highest BCUT2D eigenvalue weighted by Gasteiger charge is 2.49. The van der Waals surface area contributed by atoms with Gasteiger partial charge in [-0.1, -0.05) is 11.8 Å². The number of ether oxygens (including phenoxy) is 2. The molecule has 32 heavy (non-hydrogen) atoms. The number of amides is 1. The Hall–Kier alpha value is -2.79. The molecule has 0 saturated carbocycles. The Kier molecular flexibility index (Phi) is 6.29. The van der Waals surface area contributed by atoms with Crippen LogP contribution in [0.2, 0.25) is 0 Å². The minimum Gasteiger partial charge on any atom is -0.433 e. The van der Waals surface area contributed by atoms with Gasteiger partial charge in [-0.25, -0.2) is 9.37 Å². The van der Waals surface area contributed by atoms with E-state index in [0.717, 1.165) is 6.20 Å². The Morgan fingerprint density at radius 1 is 1.38 bits per heavy atom. The van der Waals surface area contributed by atoms with Gasteiger partial charge in [0.2, 0.25) is 0 Å². The van der Waals surface area contributed by atoms with Gasteiger partial charge < -0.3 is 20.5 Å². The molecule has 170 valence electrons. The van der Waals surface area contributed by atoms with Crippen LogP contribution in [0.15, 0.2) is 41.5 Å². The molecular formula is C21H21F3N4O3S. The summed E-state index contributed by atoms with van der Waals surface area (Å²) in [6.07, 6.45) is 1.36. The first-order valence-corrected chi connectivity index (χ1v) is 10.9. The number of aliphatic imine (C=N–C) groups is 1. The quantitative estimate of drug-likeness (QED) is 0.696. The summed E-state index contributed by atoms with van der Waals surface area (Å²) in [6, 6.07) is 6.74. The highest BCUT2D eigenvalue weighted by Crippen LogP contribution is 2.48. The van der Waals surface area contributed by atoms with Crippen LogP contribution >= 0.6 is 11.8 Å². The lowest BCUT2D eigenvalue weighted by molar-refractivity contribution is -0.0515. The van der Waals surface area contributed by atoms with Gasteiger partial charge in [0, 0.05) is 35.9 Å². The molecule has 2 aliphatic rings. The summed E-state index contributed by atoms with van der Waals surface area (Å²) in [5.74, 6) is -0.633. The number of nitrogens with zero attached hydrogens (tertiary/aromatic N) is 2. The predicted octanol–water partition coefficient (Wildman–Crippen LogP) is 3.76. The fourth-order valence-corrected chi connectivity index (χ4v) is 5.24. The van der Waals surface area contributed by atoms with E-state index in [-0.39, 0.29) is 23.5 Å². The van der Waals surface area contributed by atoms with Gasteiger partial charge in [0.15, 0.2) is 5.17 Å². The van der Waals surface area contributed by atoms with Gasteiger partial charge in [-0.2, -0.15) is 8.78 Å². The number of alkyl halides is 2. The van der Waals surface area contributed by atoms with Gasteiger partial charge in [0.05, 0.1) is 17.8 Å². The molecule has 2 aliphatic heterocycles. The number of carbonyl (C=O) groups excluding carboxylic acids is 1. The third-order valence-corrected chi connectivity index (χ3v) is 6.56. The Bertz CT molecular complexity index is 1040. The average molecular weight is 466 g/mol. The van der Waals surface area contributed by atoms with Crippen molar-refractivity contribution in [1.82, 2.24) is 4.98 Å². The van der Waals surface area contributed by atoms with Gasteiger partial charge in [-0.3, -0.25) is 9.79 Å². The van der Waals surface area contributed by atoms with Gasteiger partial charge in [-0.05, 0) is 37.3 Å². The molecule has 1 aromatic carbocycles. The maximum Gasteiger partial charge on any atom is 0.387 e. The van der Waals surface area contributed by atoms with Crippen molar-refractivity contribution in [2.24, 2.45) is 16.6 Å². The second kappa shape index (κ2) is 8.99. The number of halogens is 3. The molecule has 3 N–H and O–H groups in total. The Balaban J connectivity index is 1.61. The number of pyridine rings is 1. The Morgan fingerprint density at radius 3 is 2.91 bits per heavy atom. The molecule has 1 amide bonds. The lowest BCUT2D eigenvalue weighted by Crippen LogP contribution is -2.50. The molecule has 3 atom stereocenters. The molecule has 1 fully saturated rings. The Labute approximate surface area is 186 Å². The van der Waals surface area contributed by atoms with Crippen LogP contribution < -0.4 is 15.8 Å². The molecule has 3 heterocycles. The number of nitrogens with two attached hydrogens (primary N) is 1. The van der Waals surface area contributed by atoms with E-state index in [9.17, 15) is 13.6 Å². The molecule has 0 unspecified atom stereocenters. The lowest BCUT2D eigenvalue weighted by atomic mass is 9.72. The average Bonchev–Trinajstić information content (AvgIpc) is 2.75. The van der Waals surface area contributed by atoms with E-state index >= 15 is 4.39 Å². The van der Waals surface area contributed by atoms with E-state index in [2.05, 4.69) is 20.0 Å². The summed E-state index contributed by atoms with van der Waals surface area (Å²) in [5, 5.41) is 3.05. The number of thioether (sulfide) groups is 1. The SMILES string of the molecule is C[C@H]1OCC[C@]2(c3cc(NC(=O)c4ccc(OC(F)F)cn4)ccc3F)N=C(N)SC[C@H]12. The third kappa shape index (κ3) is 4.40. The van der Waals surface area contributed by atoms with Gasteiger partial charge >= 0.3 is 6.61 Å². The zero-order valence-electron chi connectivity index (χ0n) is 17.1. The normalized spacial score (nSPS) is 25.1. The fraction of sp³-hybridized carbons (Fsp3) is 0.381. The summed E-state index contributed by atoms with van der Waals surface area (Å²) in [5.41, 5.74) is 5.80. The molecule has 2 aromatic rings. The minimum atomic E-state index is -2.99. The Morgan fingerprint density at radius 2 is 2.19 bits per heavy atom. The van der Waals surface area contributed by atoms with Crippen LogP contribution in [0.5, 0.6) is 5.75 Å². The number of amidine groups is 1. The number of fused-ring (bicyclic) bond motifs is 1. The number of aromatic nitrogens is 1. The summed E-state index contributed by atoms with van der Waals surface area (Å²) < 4.78 is 49.6. The summed E-state index contributed by atoms with van der Waals surface area (Å²) in [4.78, 5) is 21.1. The summed E-state index contributed by atoms with van der Waals surface area (Å²) >= 11 is 1.41. The number of carbonyl (C=O) groups is 1. The molecule has 0 aliphatic carbocycles. The molecule has 0 radical (unpaired) electrons. The largest absolute Gasteiger partial charge is 0.433 e. The van der Waals surface area contributed by atoms with Crippen LogP contribution in [0.25, 0.3) is 0 Å². The smallest absolute Gasteiger partial charge is 0.387 e. The highest BCUT2D eigenvalue weighted by molar-refractivity contribution is 8.13. The molecule has 1 saturated heterocycles. The van der Waals surface area contributed by atoms with E-state index in [1.165, 1.54) is 36.0 Å². The van der Waals surface area contributed by atoms with Crippen LogP contribution in [-0.2, 0) is 10.3 Å². The van der Waals surface area contributed by atoms with E-state index in [1.54, 1.807) is 6.07 Å². The van der Waals surface area contributed by atoms with Crippen molar-refractivity contribution < 1.29 is 27.4 Å². The molecule has 4 rings (SSSR count). The highest BCUT2D eigenvalue weighted by atomic mass is 32.2. The fourth-order valence-electron chi connectivity index (χ4n) is 4.12. The van der Waals surface area contributed by atoms with E-state index in [4.69, 9.17) is 10.5 Å². The number of rotatable bonds is 5. The van der Waals surface area contributed by atoms with Crippen molar-refractivity contribution in [3.05, 3.63) is 53.6 Å². The molecular weight excluding hydrogens is 445 g/mol. The number of hydrogen-bond acceptors (Lipinski definition) is 7. The number of nitrogens with one attached hydrogen (secondary N) is 1. The first-order chi connectivity index (χ1) is 15.3. The standard InChI is InChI=1S/C21H21F3N4O3S/c1-11-15-10-32-20(25)28-21(15,6-7-30-11)14-8-12(2-4-16(14)22)27-18(29)17-5-3-13(9-26-17)31-19(23)24/h2-5,8-9,11,15,19H,6-7,10H2,1H3,(H2,25,28)(H,27,29)/t11-,15-,21-/m1/s1. The third-order valence-electron chi connectivity index (χ3n) is 5.65. The van der Waals surface area contributed by atoms with Crippen LogP contribution in [-0.4, -0.2) is 41.1 Å². The van der Waals surface area contributed by atoms with E-state index < -0.39 is 23.9 Å². The first-order valence-electron chi connectivity index (χ1n) is 9.90. The number of hydrogen-bond donors (Lipinski definition) is 2. The van der Waals surface area contributed by atoms with Crippen molar-refractivity contribution in [3.8, 4) is 5.75 Å². The molecule has 0 bridgehead atoms. The van der Waals surface area contributed by atoms with Gasteiger partial charge in [-0.15, -0.1) is 0 Å². The minimum absolute atomic E-state index is 0.00967. The molecule has 1 aromatic heterocycles. The zero-order valence-corrected chi connectivity index (χ0v) is 17.9. The van der Waals surface area contributed by atoms with E-state index in [1.807, 2.05) is 6.92 Å². The van der Waals surface area contributed by atoms with Crippen molar-refractivity contribution >= 4 is 28.5 Å². The predicted molar refractivity (Wildman–Crippen MR) is 115 cm³/mol. The number of benzene rings is 1. The van der Waals surface area contributed by atoms with Crippen LogP contribution in [0.4, 0.5) is 18.9 Å². The molecule has 11 heteroatoms.